The van der Waals surface area contributed by atoms with Crippen LogP contribution < -0.4 is 16.4 Å². The Morgan fingerprint density at radius 3 is 2.28 bits per heavy atom. The summed E-state index contributed by atoms with van der Waals surface area (Å²) in [6.45, 7) is 4.24. The number of anilines is 1. The lowest BCUT2D eigenvalue weighted by atomic mass is 10.0. The van der Waals surface area contributed by atoms with E-state index >= 15 is 0 Å². The van der Waals surface area contributed by atoms with E-state index in [1.807, 2.05) is 6.07 Å². The molecule has 8 nitrogen and oxygen atoms in total. The van der Waals surface area contributed by atoms with Crippen LogP contribution in [0.5, 0.6) is 0 Å². The van der Waals surface area contributed by atoms with Crippen molar-refractivity contribution in [3.63, 3.8) is 0 Å². The van der Waals surface area contributed by atoms with Gasteiger partial charge in [-0.2, -0.15) is 4.31 Å². The van der Waals surface area contributed by atoms with Gasteiger partial charge in [-0.15, -0.1) is 0 Å². The lowest BCUT2D eigenvalue weighted by molar-refractivity contribution is -0.116. The summed E-state index contributed by atoms with van der Waals surface area (Å²) in [5, 5.41) is 5.24. The second kappa shape index (κ2) is 10.0. The molecular weight excluding hydrogens is 392 g/mol. The van der Waals surface area contributed by atoms with Gasteiger partial charge in [0.2, 0.25) is 15.9 Å². The first kappa shape index (κ1) is 22.4. The van der Waals surface area contributed by atoms with Gasteiger partial charge in [-0.25, -0.2) is 13.2 Å². The second-order valence-corrected chi connectivity index (χ2v) is 8.28. The zero-order chi connectivity index (χ0) is 21.4. The number of nitrogens with two attached hydrogens (primary N) is 1. The highest BCUT2D eigenvalue weighted by atomic mass is 32.2. The van der Waals surface area contributed by atoms with Crippen LogP contribution >= 0.6 is 0 Å². The van der Waals surface area contributed by atoms with Gasteiger partial charge in [0.1, 0.15) is 0 Å². The molecule has 9 heteroatoms. The van der Waals surface area contributed by atoms with E-state index in [9.17, 15) is 18.0 Å². The summed E-state index contributed by atoms with van der Waals surface area (Å²) in [7, 11) is -3.63. The third-order valence-electron chi connectivity index (χ3n) is 4.37. The van der Waals surface area contributed by atoms with E-state index in [-0.39, 0.29) is 17.2 Å². The fraction of sp³-hybridized carbons (Fsp3) is 0.300. The summed E-state index contributed by atoms with van der Waals surface area (Å²) in [5.74, 6) is -0.384. The van der Waals surface area contributed by atoms with Crippen molar-refractivity contribution in [3.05, 3.63) is 60.2 Å². The summed E-state index contributed by atoms with van der Waals surface area (Å²) in [6, 6.07) is 13.7. The number of rotatable bonds is 9. The highest BCUT2D eigenvalue weighted by Gasteiger charge is 2.22. The smallest absolute Gasteiger partial charge is 0.312 e. The summed E-state index contributed by atoms with van der Waals surface area (Å²) < 4.78 is 26.7. The number of nitrogens with zero attached hydrogens (tertiary/aromatic N) is 1. The fourth-order valence-electron chi connectivity index (χ4n) is 2.95. The molecule has 3 amide bonds. The van der Waals surface area contributed by atoms with Crippen LogP contribution in [0.3, 0.4) is 0 Å². The first-order valence-corrected chi connectivity index (χ1v) is 10.7. The molecule has 0 aliphatic carbocycles. The molecule has 0 aliphatic rings. The number of primary amides is 1. The minimum Gasteiger partial charge on any atom is -0.352 e. The van der Waals surface area contributed by atoms with Crippen LogP contribution in [0.25, 0.3) is 0 Å². The normalized spacial score (nSPS) is 12.4. The van der Waals surface area contributed by atoms with Crippen LogP contribution in [0.2, 0.25) is 0 Å². The summed E-state index contributed by atoms with van der Waals surface area (Å²) >= 11 is 0. The predicted octanol–water partition coefficient (Wildman–Crippen LogP) is 2.46. The molecule has 0 bridgehead atoms. The average molecular weight is 419 g/mol. The van der Waals surface area contributed by atoms with Crippen LogP contribution in [0.1, 0.15) is 31.9 Å². The van der Waals surface area contributed by atoms with E-state index in [1.165, 1.54) is 16.4 Å². The molecule has 0 saturated carbocycles. The van der Waals surface area contributed by atoms with Crippen LogP contribution in [-0.2, 0) is 14.8 Å². The Kier molecular flexibility index (Phi) is 7.74. The van der Waals surface area contributed by atoms with E-state index in [2.05, 4.69) is 10.6 Å². The number of nitrogens with one attached hydrogen (secondary N) is 2. The molecule has 29 heavy (non-hydrogen) atoms. The van der Waals surface area contributed by atoms with E-state index in [1.54, 1.807) is 50.2 Å². The van der Waals surface area contributed by atoms with Crippen molar-refractivity contribution < 1.29 is 18.0 Å². The maximum Gasteiger partial charge on any atom is 0.312 e. The molecule has 0 radical (unpaired) electrons. The van der Waals surface area contributed by atoms with Gasteiger partial charge in [0.25, 0.3) is 0 Å². The van der Waals surface area contributed by atoms with Gasteiger partial charge in [-0.3, -0.25) is 4.79 Å². The highest BCUT2D eigenvalue weighted by molar-refractivity contribution is 7.89. The van der Waals surface area contributed by atoms with Gasteiger partial charge >= 0.3 is 6.03 Å². The Labute approximate surface area is 171 Å². The van der Waals surface area contributed by atoms with Crippen molar-refractivity contribution in [1.29, 1.82) is 0 Å². The van der Waals surface area contributed by atoms with Gasteiger partial charge in [-0.05, 0) is 23.8 Å². The minimum atomic E-state index is -3.63. The Morgan fingerprint density at radius 1 is 1.03 bits per heavy atom. The third-order valence-corrected chi connectivity index (χ3v) is 6.41. The standard InChI is InChI=1S/C20H26N4O4S/c1-3-24(4-2)29(27,28)17-12-8-11-16(13-17)22-19(25)14-18(23-20(21)26)15-9-6-5-7-10-15/h5-13,18H,3-4,14H2,1-2H3,(H,22,25)(H3,21,23,26). The van der Waals surface area contributed by atoms with Gasteiger partial charge in [0.05, 0.1) is 17.4 Å². The monoisotopic (exact) mass is 418 g/mol. The zero-order valence-corrected chi connectivity index (χ0v) is 17.3. The maximum absolute atomic E-state index is 12.7. The van der Waals surface area contributed by atoms with E-state index in [0.717, 1.165) is 5.56 Å². The lowest BCUT2D eigenvalue weighted by Gasteiger charge is -2.19. The van der Waals surface area contributed by atoms with E-state index in [4.69, 9.17) is 5.73 Å². The number of carbonyl (C=O) groups is 2. The van der Waals surface area contributed by atoms with Crippen molar-refractivity contribution in [2.24, 2.45) is 5.73 Å². The molecule has 2 rings (SSSR count). The molecular formula is C20H26N4O4S. The van der Waals surface area contributed by atoms with Crippen molar-refractivity contribution in [2.75, 3.05) is 18.4 Å². The number of sulfonamides is 1. The van der Waals surface area contributed by atoms with E-state index in [0.29, 0.717) is 18.8 Å². The van der Waals surface area contributed by atoms with Gasteiger partial charge in [0.15, 0.2) is 0 Å². The third kappa shape index (κ3) is 6.03. The lowest BCUT2D eigenvalue weighted by Crippen LogP contribution is -2.35. The molecule has 156 valence electrons. The Balaban J connectivity index is 2.17. The molecule has 0 saturated heterocycles. The second-order valence-electron chi connectivity index (χ2n) is 6.34. The van der Waals surface area contributed by atoms with Crippen molar-refractivity contribution in [2.45, 2.75) is 31.2 Å². The van der Waals surface area contributed by atoms with Crippen molar-refractivity contribution in [3.8, 4) is 0 Å². The molecule has 1 unspecified atom stereocenters. The van der Waals surface area contributed by atoms with Crippen LogP contribution in [0, 0.1) is 0 Å². The first-order chi connectivity index (χ1) is 13.8. The molecule has 2 aromatic carbocycles. The van der Waals surface area contributed by atoms with Crippen LogP contribution in [-0.4, -0.2) is 37.8 Å². The highest BCUT2D eigenvalue weighted by Crippen LogP contribution is 2.21. The number of benzene rings is 2. The molecule has 1 atom stereocenters. The SMILES string of the molecule is CCN(CC)S(=O)(=O)c1cccc(NC(=O)CC(NC(N)=O)c2ccccc2)c1. The maximum atomic E-state index is 12.7. The predicted molar refractivity (Wildman–Crippen MR) is 112 cm³/mol. The summed E-state index contributed by atoms with van der Waals surface area (Å²) in [6.07, 6.45) is -0.0556. The molecule has 4 N–H and O–H groups in total. The summed E-state index contributed by atoms with van der Waals surface area (Å²) in [5.41, 5.74) is 6.32. The number of amides is 3. The first-order valence-electron chi connectivity index (χ1n) is 9.28. The van der Waals surface area contributed by atoms with Crippen LogP contribution in [0.15, 0.2) is 59.5 Å². The van der Waals surface area contributed by atoms with Crippen molar-refractivity contribution in [1.82, 2.24) is 9.62 Å². The summed E-state index contributed by atoms with van der Waals surface area (Å²) in [4.78, 5) is 23.9. The number of urea groups is 1. The zero-order valence-electron chi connectivity index (χ0n) is 16.5. The van der Waals surface area contributed by atoms with Gasteiger partial charge in [-0.1, -0.05) is 50.2 Å². The largest absolute Gasteiger partial charge is 0.352 e. The Morgan fingerprint density at radius 2 is 1.69 bits per heavy atom. The molecule has 0 heterocycles. The Bertz CT molecular complexity index is 944. The number of hydrogen-bond donors (Lipinski definition) is 3. The Hall–Kier alpha value is -2.91. The molecule has 0 aliphatic heterocycles. The molecule has 0 aromatic heterocycles. The molecule has 0 fully saturated rings. The molecule has 0 spiro atoms. The van der Waals surface area contributed by atoms with Crippen molar-refractivity contribution >= 4 is 27.6 Å². The van der Waals surface area contributed by atoms with Gasteiger partial charge < -0.3 is 16.4 Å². The molecule has 2 aromatic rings. The minimum absolute atomic E-state index is 0.0556. The number of hydrogen-bond acceptors (Lipinski definition) is 4. The fourth-order valence-corrected chi connectivity index (χ4v) is 4.46. The number of carbonyl (C=O) groups excluding carboxylic acids is 2. The van der Waals surface area contributed by atoms with Gasteiger partial charge in [0, 0.05) is 18.8 Å². The topological polar surface area (TPSA) is 122 Å². The van der Waals surface area contributed by atoms with E-state index < -0.39 is 22.1 Å². The average Bonchev–Trinajstić information content (AvgIpc) is 2.68. The van der Waals surface area contributed by atoms with Crippen LogP contribution in [0.4, 0.5) is 10.5 Å². The quantitative estimate of drug-likeness (QED) is 0.579.